The van der Waals surface area contributed by atoms with E-state index in [9.17, 15) is 29.7 Å². The molecule has 28 heavy (non-hydrogen) atoms. The molecular formula is C21H39CeO6. The van der Waals surface area contributed by atoms with Crippen molar-refractivity contribution in [2.75, 3.05) is 0 Å². The van der Waals surface area contributed by atoms with Crippen LogP contribution in [-0.2, 0) is 14.4 Å². The number of carboxylic acid groups (broad SMARTS) is 3. The largest absolute Gasteiger partial charge is 3.00 e. The summed E-state index contributed by atoms with van der Waals surface area (Å²) in [6.07, 6.45) is 12.9. The molecule has 0 saturated carbocycles. The zero-order valence-electron chi connectivity index (χ0n) is 18.1. The summed E-state index contributed by atoms with van der Waals surface area (Å²) in [5.41, 5.74) is 0. The average Bonchev–Trinajstić information content (AvgIpc) is 2.60. The Morgan fingerprint density at radius 3 is 0.821 bits per heavy atom. The van der Waals surface area contributed by atoms with Crippen LogP contribution in [0.4, 0.5) is 0 Å². The van der Waals surface area contributed by atoms with E-state index in [0.29, 0.717) is 0 Å². The molecule has 0 rings (SSSR count). The van der Waals surface area contributed by atoms with E-state index in [2.05, 4.69) is 20.8 Å². The molecule has 0 spiro atoms. The molecule has 0 fully saturated rings. The monoisotopic (exact) mass is 527 g/mol. The molecule has 0 bridgehead atoms. The molecule has 0 aliphatic rings. The van der Waals surface area contributed by atoms with Crippen LogP contribution in [0.15, 0.2) is 0 Å². The summed E-state index contributed by atoms with van der Waals surface area (Å²) in [5.74, 6) is -2.77. The Kier molecular flexibility index (Phi) is 39.6. The van der Waals surface area contributed by atoms with Crippen molar-refractivity contribution in [3.05, 3.63) is 0 Å². The van der Waals surface area contributed by atoms with Gasteiger partial charge in [-0.25, -0.2) is 0 Å². The van der Waals surface area contributed by atoms with Crippen molar-refractivity contribution in [2.24, 2.45) is 0 Å². The van der Waals surface area contributed by atoms with Gasteiger partial charge in [0.05, 0.1) is 0 Å². The van der Waals surface area contributed by atoms with Crippen LogP contribution >= 0.6 is 0 Å². The number of carbonyl (C=O) groups excluding carboxylic acids is 3. The van der Waals surface area contributed by atoms with Gasteiger partial charge in [-0.05, 0) is 38.5 Å². The Labute approximate surface area is 205 Å². The number of rotatable bonds is 15. The van der Waals surface area contributed by atoms with Gasteiger partial charge in [0.1, 0.15) is 0 Å². The average molecular weight is 528 g/mol. The molecule has 0 amide bonds. The van der Waals surface area contributed by atoms with Gasteiger partial charge in [-0.2, -0.15) is 0 Å². The van der Waals surface area contributed by atoms with Crippen molar-refractivity contribution in [1.82, 2.24) is 0 Å². The molecule has 163 valence electrons. The molecule has 0 N–H and O–H groups in total. The summed E-state index contributed by atoms with van der Waals surface area (Å²) in [4.78, 5) is 29.6. The quantitative estimate of drug-likeness (QED) is 0.301. The topological polar surface area (TPSA) is 120 Å². The van der Waals surface area contributed by atoms with E-state index in [1.807, 2.05) is 0 Å². The van der Waals surface area contributed by atoms with Gasteiger partial charge in [-0.3, -0.25) is 0 Å². The number of unbranched alkanes of at least 4 members (excludes halogenated alkanes) is 9. The van der Waals surface area contributed by atoms with Gasteiger partial charge in [0.2, 0.25) is 0 Å². The molecule has 0 aromatic rings. The molecule has 0 atom stereocenters. The fourth-order valence-corrected chi connectivity index (χ4v) is 2.09. The first-order chi connectivity index (χ1) is 12.8. The van der Waals surface area contributed by atoms with Crippen molar-refractivity contribution in [3.63, 3.8) is 0 Å². The van der Waals surface area contributed by atoms with E-state index >= 15 is 0 Å². The molecule has 0 saturated heterocycles. The van der Waals surface area contributed by atoms with Crippen LogP contribution in [0.1, 0.15) is 117 Å². The van der Waals surface area contributed by atoms with Gasteiger partial charge in [0, 0.05) is 17.9 Å². The second-order valence-corrected chi connectivity index (χ2v) is 6.55. The van der Waals surface area contributed by atoms with Crippen molar-refractivity contribution in [2.45, 2.75) is 117 Å². The second-order valence-electron chi connectivity index (χ2n) is 6.55. The van der Waals surface area contributed by atoms with Gasteiger partial charge >= 0.3 is 41.7 Å². The number of aliphatic carboxylic acids is 3. The summed E-state index contributed by atoms with van der Waals surface area (Å²) < 4.78 is 0. The first-order valence-electron chi connectivity index (χ1n) is 10.4. The van der Waals surface area contributed by atoms with Crippen LogP contribution in [0.5, 0.6) is 0 Å². The second kappa shape index (κ2) is 31.5. The Bertz CT molecular complexity index is 295. The van der Waals surface area contributed by atoms with Crippen LogP contribution < -0.4 is 15.3 Å². The Hall–Kier alpha value is -0.213. The molecule has 6 nitrogen and oxygen atoms in total. The maximum atomic E-state index is 9.85. The molecule has 0 aromatic heterocycles. The normalized spacial score (nSPS) is 9.11. The maximum absolute atomic E-state index is 9.85. The number of carboxylic acids is 3. The zero-order valence-corrected chi connectivity index (χ0v) is 21.2. The third kappa shape index (κ3) is 50.1. The minimum atomic E-state index is -0.925. The Morgan fingerprint density at radius 1 is 0.464 bits per heavy atom. The fourth-order valence-electron chi connectivity index (χ4n) is 2.09. The zero-order chi connectivity index (χ0) is 21.3. The Morgan fingerprint density at radius 2 is 0.679 bits per heavy atom. The van der Waals surface area contributed by atoms with Gasteiger partial charge in [0.25, 0.3) is 0 Å². The molecule has 0 aliphatic carbocycles. The van der Waals surface area contributed by atoms with Crippen LogP contribution in [0, 0.1) is 41.7 Å². The molecule has 0 aromatic carbocycles. The summed E-state index contributed by atoms with van der Waals surface area (Å²) in [5, 5.41) is 29.6. The number of hydrogen-bond donors (Lipinski definition) is 0. The van der Waals surface area contributed by atoms with Crippen LogP contribution in [0.2, 0.25) is 0 Å². The summed E-state index contributed by atoms with van der Waals surface area (Å²) in [6.45, 7) is 6.29. The molecular weight excluding hydrogens is 488 g/mol. The summed E-state index contributed by atoms with van der Waals surface area (Å²) in [7, 11) is 0. The first-order valence-corrected chi connectivity index (χ1v) is 10.4. The van der Waals surface area contributed by atoms with E-state index in [-0.39, 0.29) is 61.0 Å². The third-order valence-electron chi connectivity index (χ3n) is 3.70. The van der Waals surface area contributed by atoms with Gasteiger partial charge in [-0.1, -0.05) is 78.6 Å². The summed E-state index contributed by atoms with van der Waals surface area (Å²) >= 11 is 0. The number of carbonyl (C=O) groups is 3. The van der Waals surface area contributed by atoms with E-state index in [0.717, 1.165) is 77.0 Å². The Balaban J connectivity index is -0.000000152. The van der Waals surface area contributed by atoms with Gasteiger partial charge < -0.3 is 29.7 Å². The van der Waals surface area contributed by atoms with Crippen molar-refractivity contribution in [3.8, 4) is 0 Å². The minimum absolute atomic E-state index is 0. The fraction of sp³-hybridized carbons (Fsp3) is 0.857. The van der Waals surface area contributed by atoms with E-state index in [4.69, 9.17) is 0 Å². The van der Waals surface area contributed by atoms with Gasteiger partial charge in [0.15, 0.2) is 0 Å². The molecule has 0 aliphatic heterocycles. The SMILES string of the molecule is CCCCCCC(=O)[O-].CCCCCCC(=O)[O-].CCCCCCC(=O)[O-].[Ce+3]. The molecule has 1 radical (unpaired) electrons. The molecule has 0 heterocycles. The predicted octanol–water partition coefficient (Wildman–Crippen LogP) is 2.12. The molecule has 7 heteroatoms. The van der Waals surface area contributed by atoms with Crippen LogP contribution in [0.25, 0.3) is 0 Å². The van der Waals surface area contributed by atoms with E-state index in [1.54, 1.807) is 0 Å². The standard InChI is InChI=1S/3C7H14O2.Ce/c3*1-2-3-4-5-6-7(8)9;/h3*2-6H2,1H3,(H,8,9);/q;;;+3/p-3. The smallest absolute Gasteiger partial charge is 0.550 e. The predicted molar refractivity (Wildman–Crippen MR) is 101 cm³/mol. The van der Waals surface area contributed by atoms with Crippen LogP contribution in [-0.4, -0.2) is 17.9 Å². The van der Waals surface area contributed by atoms with E-state index in [1.165, 1.54) is 0 Å². The van der Waals surface area contributed by atoms with Crippen molar-refractivity contribution >= 4 is 17.9 Å². The third-order valence-corrected chi connectivity index (χ3v) is 3.70. The first kappa shape index (κ1) is 35.2. The minimum Gasteiger partial charge on any atom is -0.550 e. The summed E-state index contributed by atoms with van der Waals surface area (Å²) in [6, 6.07) is 0. The van der Waals surface area contributed by atoms with Crippen molar-refractivity contribution in [1.29, 1.82) is 0 Å². The van der Waals surface area contributed by atoms with Gasteiger partial charge in [-0.15, -0.1) is 0 Å². The van der Waals surface area contributed by atoms with Crippen molar-refractivity contribution < 1.29 is 71.5 Å². The maximum Gasteiger partial charge on any atom is 3.00 e. The number of hydrogen-bond acceptors (Lipinski definition) is 6. The van der Waals surface area contributed by atoms with E-state index < -0.39 is 17.9 Å². The van der Waals surface area contributed by atoms with Crippen LogP contribution in [0.3, 0.4) is 0 Å². The molecule has 0 unspecified atom stereocenters.